The van der Waals surface area contributed by atoms with Crippen molar-refractivity contribution < 1.29 is 22.7 Å². The number of benzene rings is 1. The fourth-order valence-corrected chi connectivity index (χ4v) is 4.56. The van der Waals surface area contributed by atoms with Gasteiger partial charge in [-0.1, -0.05) is 53.5 Å². The number of hydrogen-bond acceptors (Lipinski definition) is 5. The molecule has 0 aliphatic rings. The molecule has 5 nitrogen and oxygen atoms in total. The molecule has 2 heterocycles. The minimum absolute atomic E-state index is 0.152. The van der Waals surface area contributed by atoms with E-state index >= 15 is 0 Å². The first-order valence-electron chi connectivity index (χ1n) is 10.3. The predicted octanol–water partition coefficient (Wildman–Crippen LogP) is 7.54. The number of alkyl halides is 3. The Morgan fingerprint density at radius 2 is 1.82 bits per heavy atom. The quantitative estimate of drug-likeness (QED) is 0.294. The lowest BCUT2D eigenvalue weighted by atomic mass is 10.1. The normalized spacial score (nSPS) is 12.1. The van der Waals surface area contributed by atoms with Crippen molar-refractivity contribution in [3.05, 3.63) is 58.3 Å². The second kappa shape index (κ2) is 10.6. The molecule has 3 rings (SSSR count). The Balaban J connectivity index is 1.91. The van der Waals surface area contributed by atoms with Crippen molar-refractivity contribution in [2.75, 3.05) is 0 Å². The molecule has 0 saturated heterocycles. The van der Waals surface area contributed by atoms with E-state index in [9.17, 15) is 18.0 Å². The van der Waals surface area contributed by atoms with E-state index in [0.717, 1.165) is 29.6 Å². The van der Waals surface area contributed by atoms with Crippen LogP contribution in [0.5, 0.6) is 0 Å². The van der Waals surface area contributed by atoms with E-state index in [1.807, 2.05) is 34.9 Å². The first-order valence-corrected chi connectivity index (χ1v) is 11.9. The highest BCUT2D eigenvalue weighted by molar-refractivity contribution is 7.99. The van der Waals surface area contributed by atoms with Crippen LogP contribution < -0.4 is 0 Å². The van der Waals surface area contributed by atoms with Crippen LogP contribution >= 0.6 is 35.0 Å². The monoisotopic (exact) mass is 531 g/mol. The number of carbonyl (C=O) groups is 1. The topological polar surface area (TPSA) is 57.0 Å². The summed E-state index contributed by atoms with van der Waals surface area (Å²) in [4.78, 5) is 20.4. The van der Waals surface area contributed by atoms with Crippen molar-refractivity contribution in [2.24, 2.45) is 0 Å². The Hall–Kier alpha value is -2.23. The van der Waals surface area contributed by atoms with E-state index in [1.54, 1.807) is 20.8 Å². The molecular weight excluding hydrogens is 510 g/mol. The van der Waals surface area contributed by atoms with Gasteiger partial charge in [-0.05, 0) is 45.0 Å². The summed E-state index contributed by atoms with van der Waals surface area (Å²) >= 11 is 13.6. The molecule has 0 atom stereocenters. The van der Waals surface area contributed by atoms with E-state index in [4.69, 9.17) is 27.9 Å². The van der Waals surface area contributed by atoms with Crippen molar-refractivity contribution in [1.29, 1.82) is 0 Å². The Labute approximate surface area is 209 Å². The Bertz CT molecular complexity index is 1160. The maximum absolute atomic E-state index is 13.0. The summed E-state index contributed by atoms with van der Waals surface area (Å²) in [6, 6.07) is 10.1. The minimum atomic E-state index is -4.55. The Kier molecular flexibility index (Phi) is 8.21. The van der Waals surface area contributed by atoms with Crippen molar-refractivity contribution in [2.45, 2.75) is 62.1 Å². The molecule has 0 unspecified atom stereocenters. The van der Waals surface area contributed by atoms with Crippen LogP contribution in [0.25, 0.3) is 11.3 Å². The zero-order chi connectivity index (χ0) is 25.1. The fourth-order valence-electron chi connectivity index (χ4n) is 3.08. The summed E-state index contributed by atoms with van der Waals surface area (Å²) < 4.78 is 46.1. The number of ether oxygens (including phenoxy) is 1. The highest BCUT2D eigenvalue weighted by Gasteiger charge is 2.32. The van der Waals surface area contributed by atoms with Crippen LogP contribution in [-0.2, 0) is 22.3 Å². The first kappa shape index (κ1) is 26.4. The van der Waals surface area contributed by atoms with Crippen LogP contribution in [0.15, 0.2) is 52.8 Å². The molecule has 0 N–H and O–H groups in total. The standard InChI is InChI=1S/C23H22Cl2F3N3O2S/c1-22(2,3)33-17(32)10-7-11-31-18(14-8-5-4-6-9-14)19(25)30-21(31)34-20-16(24)12-15(13-29-20)23(26,27)28/h4-6,8-9,12-13H,7,10-11H2,1-3H3. The van der Waals surface area contributed by atoms with Crippen molar-refractivity contribution in [1.82, 2.24) is 14.5 Å². The van der Waals surface area contributed by atoms with Gasteiger partial charge < -0.3 is 9.30 Å². The molecule has 0 bridgehead atoms. The Morgan fingerprint density at radius 1 is 1.15 bits per heavy atom. The van der Waals surface area contributed by atoms with Gasteiger partial charge in [0.15, 0.2) is 10.3 Å². The van der Waals surface area contributed by atoms with Crippen molar-refractivity contribution >= 4 is 40.9 Å². The first-order chi connectivity index (χ1) is 15.8. The maximum atomic E-state index is 13.0. The highest BCUT2D eigenvalue weighted by Crippen LogP contribution is 2.39. The van der Waals surface area contributed by atoms with Gasteiger partial charge in [-0.25, -0.2) is 9.97 Å². The van der Waals surface area contributed by atoms with Gasteiger partial charge in [-0.3, -0.25) is 4.79 Å². The second-order valence-electron chi connectivity index (χ2n) is 8.35. The van der Waals surface area contributed by atoms with Gasteiger partial charge in [0.1, 0.15) is 10.6 Å². The summed E-state index contributed by atoms with van der Waals surface area (Å²) in [7, 11) is 0. The number of esters is 1. The van der Waals surface area contributed by atoms with Crippen molar-refractivity contribution in [3.63, 3.8) is 0 Å². The molecule has 182 valence electrons. The average Bonchev–Trinajstić information content (AvgIpc) is 3.03. The van der Waals surface area contributed by atoms with E-state index in [0.29, 0.717) is 23.8 Å². The summed E-state index contributed by atoms with van der Waals surface area (Å²) in [6.45, 7) is 5.75. The lowest BCUT2D eigenvalue weighted by Gasteiger charge is -2.19. The second-order valence-corrected chi connectivity index (χ2v) is 10.1. The van der Waals surface area contributed by atoms with Crippen LogP contribution in [0.3, 0.4) is 0 Å². The molecule has 11 heteroatoms. The third kappa shape index (κ3) is 6.90. The van der Waals surface area contributed by atoms with Crippen LogP contribution in [0.1, 0.15) is 39.2 Å². The largest absolute Gasteiger partial charge is 0.460 e. The molecular formula is C23H22Cl2F3N3O2S. The third-order valence-electron chi connectivity index (χ3n) is 4.44. The van der Waals surface area contributed by atoms with Crippen LogP contribution in [0.4, 0.5) is 13.2 Å². The molecule has 0 aliphatic carbocycles. The van der Waals surface area contributed by atoms with Crippen molar-refractivity contribution in [3.8, 4) is 11.3 Å². The molecule has 1 aromatic carbocycles. The summed E-state index contributed by atoms with van der Waals surface area (Å²) in [5, 5.41) is 0.612. The van der Waals surface area contributed by atoms with Gasteiger partial charge in [0.2, 0.25) is 0 Å². The van der Waals surface area contributed by atoms with E-state index in [2.05, 4.69) is 9.97 Å². The van der Waals surface area contributed by atoms with Gasteiger partial charge in [0, 0.05) is 24.7 Å². The SMILES string of the molecule is CC(C)(C)OC(=O)CCCn1c(Sc2ncc(C(F)(F)F)cc2Cl)nc(Cl)c1-c1ccccc1. The maximum Gasteiger partial charge on any atom is 0.417 e. The molecule has 0 fully saturated rings. The highest BCUT2D eigenvalue weighted by atomic mass is 35.5. The number of rotatable bonds is 7. The fraction of sp³-hybridized carbons (Fsp3) is 0.348. The van der Waals surface area contributed by atoms with Crippen LogP contribution in [0, 0.1) is 0 Å². The number of pyridine rings is 1. The predicted molar refractivity (Wildman–Crippen MR) is 126 cm³/mol. The Morgan fingerprint density at radius 3 is 2.41 bits per heavy atom. The van der Waals surface area contributed by atoms with Gasteiger partial charge >= 0.3 is 12.1 Å². The molecule has 3 aromatic rings. The van der Waals surface area contributed by atoms with Gasteiger partial charge in [-0.2, -0.15) is 13.2 Å². The summed E-state index contributed by atoms with van der Waals surface area (Å²) in [6.07, 6.45) is -3.22. The molecule has 0 amide bonds. The molecule has 0 aliphatic heterocycles. The number of halogens is 5. The molecule has 34 heavy (non-hydrogen) atoms. The number of nitrogens with zero attached hydrogens (tertiary/aromatic N) is 3. The van der Waals surface area contributed by atoms with Gasteiger partial charge in [0.25, 0.3) is 0 Å². The smallest absolute Gasteiger partial charge is 0.417 e. The van der Waals surface area contributed by atoms with E-state index in [1.165, 1.54) is 0 Å². The number of aromatic nitrogens is 3. The molecule has 0 saturated carbocycles. The number of carbonyl (C=O) groups excluding carboxylic acids is 1. The van der Waals surface area contributed by atoms with Crippen LogP contribution in [0.2, 0.25) is 10.2 Å². The lowest BCUT2D eigenvalue weighted by molar-refractivity contribution is -0.155. The summed E-state index contributed by atoms with van der Waals surface area (Å²) in [5.74, 6) is -0.332. The molecule has 0 radical (unpaired) electrons. The number of imidazole rings is 1. The zero-order valence-corrected chi connectivity index (χ0v) is 20.9. The zero-order valence-electron chi connectivity index (χ0n) is 18.6. The average molecular weight is 532 g/mol. The van der Waals surface area contributed by atoms with Gasteiger partial charge in [-0.15, -0.1) is 0 Å². The number of hydrogen-bond donors (Lipinski definition) is 0. The lowest BCUT2D eigenvalue weighted by Crippen LogP contribution is -2.23. The van der Waals surface area contributed by atoms with Gasteiger partial charge in [0.05, 0.1) is 16.3 Å². The minimum Gasteiger partial charge on any atom is -0.460 e. The third-order valence-corrected chi connectivity index (χ3v) is 6.12. The molecule has 0 spiro atoms. The molecule has 2 aromatic heterocycles. The van der Waals surface area contributed by atoms with E-state index in [-0.39, 0.29) is 27.6 Å². The summed E-state index contributed by atoms with van der Waals surface area (Å²) in [5.41, 5.74) is -0.102. The van der Waals surface area contributed by atoms with E-state index < -0.39 is 17.3 Å². The van der Waals surface area contributed by atoms with Crippen LogP contribution in [-0.4, -0.2) is 26.1 Å².